The molecule has 1 aliphatic heterocycles. The normalized spacial score (nSPS) is 18.0. The number of nitrogens with zero attached hydrogens (tertiary/aromatic N) is 2. The van der Waals surface area contributed by atoms with E-state index in [1.165, 1.54) is 24.2 Å². The highest BCUT2D eigenvalue weighted by Crippen LogP contribution is 2.21. The Hall–Kier alpha value is -0.690. The standard InChI is InChI=1S/C15H26N4OS.ClH/c1-10(2)13(16)14(20)18-15-17-12(9-21-15)8-19-6-4-11(3)5-7-19;/h9-11,13H,4-8,16H2,1-3H3,(H,17,18,20);1H/t13-;/m0./s1. The fraction of sp³-hybridized carbons (Fsp3) is 0.733. The second-order valence-electron chi connectivity index (χ2n) is 6.36. The second kappa shape index (κ2) is 8.82. The Kier molecular flexibility index (Phi) is 7.76. The smallest absolute Gasteiger partial charge is 0.243 e. The Labute approximate surface area is 143 Å². The van der Waals surface area contributed by atoms with Gasteiger partial charge in [-0.3, -0.25) is 9.69 Å². The molecule has 1 saturated heterocycles. The Bertz CT molecular complexity index is 472. The zero-order chi connectivity index (χ0) is 15.4. The van der Waals surface area contributed by atoms with Crippen molar-refractivity contribution in [2.75, 3.05) is 18.4 Å². The first kappa shape index (κ1) is 19.4. The molecule has 0 aliphatic carbocycles. The molecule has 5 nitrogen and oxygen atoms in total. The number of hydrogen-bond acceptors (Lipinski definition) is 5. The van der Waals surface area contributed by atoms with Crippen LogP contribution >= 0.6 is 23.7 Å². The molecule has 1 atom stereocenters. The topological polar surface area (TPSA) is 71.2 Å². The van der Waals surface area contributed by atoms with Crippen LogP contribution in [0.4, 0.5) is 5.13 Å². The van der Waals surface area contributed by atoms with Gasteiger partial charge in [-0.25, -0.2) is 4.98 Å². The number of carbonyl (C=O) groups is 1. The Morgan fingerprint density at radius 3 is 2.73 bits per heavy atom. The van der Waals surface area contributed by atoms with Gasteiger partial charge >= 0.3 is 0 Å². The second-order valence-corrected chi connectivity index (χ2v) is 7.22. The Balaban J connectivity index is 0.00000242. The van der Waals surface area contributed by atoms with Crippen LogP contribution in [-0.4, -0.2) is 34.9 Å². The Morgan fingerprint density at radius 1 is 1.50 bits per heavy atom. The van der Waals surface area contributed by atoms with E-state index in [1.807, 2.05) is 19.2 Å². The number of rotatable bonds is 5. The molecule has 1 fully saturated rings. The summed E-state index contributed by atoms with van der Waals surface area (Å²) in [6.45, 7) is 9.34. The van der Waals surface area contributed by atoms with Gasteiger partial charge in [0.05, 0.1) is 11.7 Å². The van der Waals surface area contributed by atoms with E-state index in [0.29, 0.717) is 5.13 Å². The van der Waals surface area contributed by atoms with E-state index in [2.05, 4.69) is 22.1 Å². The van der Waals surface area contributed by atoms with Crippen molar-refractivity contribution in [3.8, 4) is 0 Å². The monoisotopic (exact) mass is 346 g/mol. The molecule has 2 heterocycles. The van der Waals surface area contributed by atoms with Crippen LogP contribution in [0.25, 0.3) is 0 Å². The van der Waals surface area contributed by atoms with Gasteiger partial charge in [0.25, 0.3) is 0 Å². The first-order valence-corrected chi connectivity index (χ1v) is 8.57. The maximum Gasteiger partial charge on any atom is 0.243 e. The summed E-state index contributed by atoms with van der Waals surface area (Å²) in [5.74, 6) is 0.807. The van der Waals surface area contributed by atoms with E-state index in [0.717, 1.165) is 31.2 Å². The molecule has 2 rings (SSSR count). The molecule has 0 saturated carbocycles. The minimum Gasteiger partial charge on any atom is -0.320 e. The third-order valence-electron chi connectivity index (χ3n) is 4.06. The zero-order valence-corrected chi connectivity index (χ0v) is 15.2. The minimum atomic E-state index is -0.485. The third-order valence-corrected chi connectivity index (χ3v) is 4.87. The first-order valence-electron chi connectivity index (χ1n) is 7.69. The van der Waals surface area contributed by atoms with Crippen LogP contribution in [-0.2, 0) is 11.3 Å². The summed E-state index contributed by atoms with van der Waals surface area (Å²) >= 11 is 1.47. The van der Waals surface area contributed by atoms with E-state index in [4.69, 9.17) is 5.73 Å². The van der Waals surface area contributed by atoms with Gasteiger partial charge < -0.3 is 11.1 Å². The lowest BCUT2D eigenvalue weighted by atomic mass is 9.99. The molecule has 1 amide bonds. The van der Waals surface area contributed by atoms with Crippen LogP contribution in [0.15, 0.2) is 5.38 Å². The van der Waals surface area contributed by atoms with Gasteiger partial charge in [0.2, 0.25) is 5.91 Å². The fourth-order valence-corrected chi connectivity index (χ4v) is 3.08. The molecular weight excluding hydrogens is 320 g/mol. The molecule has 0 spiro atoms. The lowest BCUT2D eigenvalue weighted by molar-refractivity contribution is -0.118. The van der Waals surface area contributed by atoms with Crippen LogP contribution in [0.1, 0.15) is 39.3 Å². The number of anilines is 1. The minimum absolute atomic E-state index is 0. The van der Waals surface area contributed by atoms with Gasteiger partial charge in [-0.2, -0.15) is 0 Å². The predicted molar refractivity (Wildman–Crippen MR) is 94.5 cm³/mol. The average Bonchev–Trinajstić information content (AvgIpc) is 2.87. The average molecular weight is 347 g/mol. The van der Waals surface area contributed by atoms with Crippen molar-refractivity contribution in [2.45, 2.75) is 46.2 Å². The van der Waals surface area contributed by atoms with Crippen molar-refractivity contribution in [3.63, 3.8) is 0 Å². The van der Waals surface area contributed by atoms with Crippen molar-refractivity contribution < 1.29 is 4.79 Å². The third kappa shape index (κ3) is 5.50. The molecule has 1 aromatic rings. The molecule has 0 radical (unpaired) electrons. The molecule has 0 aromatic carbocycles. The number of aromatic nitrogens is 1. The molecule has 1 aromatic heterocycles. The molecule has 7 heteroatoms. The predicted octanol–water partition coefficient (Wildman–Crippen LogP) is 2.72. The number of nitrogens with two attached hydrogens (primary N) is 1. The van der Waals surface area contributed by atoms with Gasteiger partial charge in [0.1, 0.15) is 0 Å². The number of amides is 1. The number of nitrogens with one attached hydrogen (secondary N) is 1. The molecule has 1 aliphatic rings. The van der Waals surface area contributed by atoms with Crippen LogP contribution in [0.2, 0.25) is 0 Å². The zero-order valence-electron chi connectivity index (χ0n) is 13.5. The highest BCUT2D eigenvalue weighted by Gasteiger charge is 2.19. The molecule has 0 unspecified atom stereocenters. The Morgan fingerprint density at radius 2 is 2.14 bits per heavy atom. The molecule has 3 N–H and O–H groups in total. The highest BCUT2D eigenvalue weighted by atomic mass is 35.5. The summed E-state index contributed by atoms with van der Waals surface area (Å²) in [6.07, 6.45) is 2.52. The quantitative estimate of drug-likeness (QED) is 0.859. The van der Waals surface area contributed by atoms with E-state index < -0.39 is 6.04 Å². The van der Waals surface area contributed by atoms with Gasteiger partial charge in [-0.1, -0.05) is 20.8 Å². The van der Waals surface area contributed by atoms with Crippen molar-refractivity contribution in [2.24, 2.45) is 17.6 Å². The van der Waals surface area contributed by atoms with Gasteiger partial charge in [0, 0.05) is 11.9 Å². The number of thiazole rings is 1. The number of piperidine rings is 1. The molecule has 22 heavy (non-hydrogen) atoms. The van der Waals surface area contributed by atoms with E-state index in [1.54, 1.807) is 0 Å². The summed E-state index contributed by atoms with van der Waals surface area (Å²) in [4.78, 5) is 18.8. The van der Waals surface area contributed by atoms with E-state index in [9.17, 15) is 4.79 Å². The maximum atomic E-state index is 11.9. The number of likely N-dealkylation sites (tertiary alicyclic amines) is 1. The van der Waals surface area contributed by atoms with Crippen LogP contribution in [0, 0.1) is 11.8 Å². The van der Waals surface area contributed by atoms with Crippen LogP contribution in [0.5, 0.6) is 0 Å². The van der Waals surface area contributed by atoms with Crippen molar-refractivity contribution in [1.29, 1.82) is 0 Å². The lowest BCUT2D eigenvalue weighted by Crippen LogP contribution is -2.39. The van der Waals surface area contributed by atoms with Crippen LogP contribution in [0.3, 0.4) is 0 Å². The summed E-state index contributed by atoms with van der Waals surface area (Å²) in [5, 5.41) is 5.48. The molecular formula is C15H27ClN4OS. The van der Waals surface area contributed by atoms with Gasteiger partial charge in [-0.15, -0.1) is 23.7 Å². The van der Waals surface area contributed by atoms with Crippen LogP contribution < -0.4 is 11.1 Å². The SMILES string of the molecule is CC1CCN(Cc2csc(NC(=O)[C@@H](N)C(C)C)n2)CC1.Cl. The van der Waals surface area contributed by atoms with Gasteiger partial charge in [0.15, 0.2) is 5.13 Å². The van der Waals surface area contributed by atoms with E-state index in [-0.39, 0.29) is 24.2 Å². The highest BCUT2D eigenvalue weighted by molar-refractivity contribution is 7.13. The molecule has 126 valence electrons. The largest absolute Gasteiger partial charge is 0.320 e. The molecule has 0 bridgehead atoms. The van der Waals surface area contributed by atoms with Crippen molar-refractivity contribution >= 4 is 34.8 Å². The first-order chi connectivity index (χ1) is 9.95. The summed E-state index contributed by atoms with van der Waals surface area (Å²) in [7, 11) is 0. The summed E-state index contributed by atoms with van der Waals surface area (Å²) < 4.78 is 0. The number of halogens is 1. The van der Waals surface area contributed by atoms with Crippen molar-refractivity contribution in [1.82, 2.24) is 9.88 Å². The summed E-state index contributed by atoms with van der Waals surface area (Å²) in [6, 6.07) is -0.485. The van der Waals surface area contributed by atoms with E-state index >= 15 is 0 Å². The maximum absolute atomic E-state index is 11.9. The number of hydrogen-bond donors (Lipinski definition) is 2. The van der Waals surface area contributed by atoms with Gasteiger partial charge in [-0.05, 0) is 37.8 Å². The summed E-state index contributed by atoms with van der Waals surface area (Å²) in [5.41, 5.74) is 6.86. The lowest BCUT2D eigenvalue weighted by Gasteiger charge is -2.29. The fourth-order valence-electron chi connectivity index (χ4n) is 2.38. The van der Waals surface area contributed by atoms with Crippen molar-refractivity contribution in [3.05, 3.63) is 11.1 Å². The number of carbonyl (C=O) groups excluding carboxylic acids is 1.